The molecule has 0 unspecified atom stereocenters. The molecule has 0 heterocycles. The Morgan fingerprint density at radius 3 is 0.711 bits per heavy atom. The van der Waals surface area contributed by atoms with E-state index in [2.05, 4.69) is 62.4 Å². The van der Waals surface area contributed by atoms with Crippen LogP contribution in [0, 0.1) is 35.5 Å². The molecule has 0 saturated heterocycles. The fraction of sp³-hybridized carbons (Fsp3) is 0.684. The summed E-state index contributed by atoms with van der Waals surface area (Å²) in [6.07, 6.45) is 25.3. The zero-order chi connectivity index (χ0) is 26.2. The lowest BCUT2D eigenvalue weighted by Gasteiger charge is -2.29. The second-order valence-electron chi connectivity index (χ2n) is 13.9. The third-order valence-electron chi connectivity index (χ3n) is 11.2. The van der Waals surface area contributed by atoms with Gasteiger partial charge in [0.2, 0.25) is 0 Å². The number of hydrogen-bond donors (Lipinski definition) is 0. The molecule has 0 bridgehead atoms. The molecule has 0 aliphatic heterocycles. The van der Waals surface area contributed by atoms with Crippen LogP contribution in [0.5, 0.6) is 0 Å². The Labute approximate surface area is 235 Å². The molecule has 0 aromatic heterocycles. The second kappa shape index (κ2) is 14.2. The first kappa shape index (κ1) is 28.0. The van der Waals surface area contributed by atoms with Gasteiger partial charge in [-0.3, -0.25) is 0 Å². The molecule has 38 heavy (non-hydrogen) atoms. The van der Waals surface area contributed by atoms with E-state index in [1.165, 1.54) is 116 Å². The van der Waals surface area contributed by atoms with Crippen LogP contribution in [0.25, 0.3) is 0 Å². The van der Waals surface area contributed by atoms with Crippen molar-refractivity contribution in [3.8, 4) is 0 Å². The predicted molar refractivity (Wildman–Crippen MR) is 165 cm³/mol. The lowest BCUT2D eigenvalue weighted by Crippen LogP contribution is -2.18. The molecule has 3 saturated carbocycles. The largest absolute Gasteiger partial charge is 0.0651 e. The molecule has 0 heteroatoms. The van der Waals surface area contributed by atoms with Crippen LogP contribution >= 0.6 is 0 Å². The molecule has 3 aliphatic rings. The van der Waals surface area contributed by atoms with Gasteiger partial charge in [-0.25, -0.2) is 0 Å². The molecular formula is C38H56. The third kappa shape index (κ3) is 8.22. The Kier molecular flexibility index (Phi) is 10.4. The van der Waals surface area contributed by atoms with E-state index in [1.54, 1.807) is 22.3 Å². The van der Waals surface area contributed by atoms with Crippen LogP contribution in [0.1, 0.15) is 126 Å². The zero-order valence-electron chi connectivity index (χ0n) is 24.8. The summed E-state index contributed by atoms with van der Waals surface area (Å²) in [5.74, 6) is 5.67. The van der Waals surface area contributed by atoms with Crippen LogP contribution in [0.15, 0.2) is 48.5 Å². The number of benzene rings is 2. The van der Waals surface area contributed by atoms with Gasteiger partial charge in [-0.2, -0.15) is 0 Å². The summed E-state index contributed by atoms with van der Waals surface area (Å²) >= 11 is 0. The van der Waals surface area contributed by atoms with Crippen molar-refractivity contribution in [2.24, 2.45) is 35.5 Å². The number of hydrogen-bond acceptors (Lipinski definition) is 0. The van der Waals surface area contributed by atoms with Crippen LogP contribution < -0.4 is 0 Å². The maximum Gasteiger partial charge on any atom is -0.0250 e. The zero-order valence-corrected chi connectivity index (χ0v) is 24.8. The molecule has 0 nitrogen and oxygen atoms in total. The van der Waals surface area contributed by atoms with E-state index in [9.17, 15) is 0 Å². The first-order valence-electron chi connectivity index (χ1n) is 16.8. The van der Waals surface area contributed by atoms with Gasteiger partial charge in [-0.05, 0) is 135 Å². The molecule has 0 atom stereocenters. The molecule has 3 fully saturated rings. The molecule has 208 valence electrons. The standard InChI is InChI=1S/C38H56/c1-3-29-5-9-31(10-6-29)25-33-13-17-35(18-14-33)27-37-21-23-38(24-22-37)28-36-19-15-34(16-20-36)26-32-11-7-30(4-2)8-12-32/h13-20,29-32,37-38H,3-12,21-28H2,1-2H3. The van der Waals surface area contributed by atoms with Gasteiger partial charge in [-0.15, -0.1) is 0 Å². The van der Waals surface area contributed by atoms with Gasteiger partial charge in [0.1, 0.15) is 0 Å². The van der Waals surface area contributed by atoms with E-state index in [-0.39, 0.29) is 0 Å². The van der Waals surface area contributed by atoms with E-state index >= 15 is 0 Å². The quantitative estimate of drug-likeness (QED) is 0.297. The highest BCUT2D eigenvalue weighted by molar-refractivity contribution is 5.25. The average molecular weight is 513 g/mol. The van der Waals surface area contributed by atoms with Gasteiger partial charge in [0.05, 0.1) is 0 Å². The summed E-state index contributed by atoms with van der Waals surface area (Å²) in [4.78, 5) is 0. The van der Waals surface area contributed by atoms with Crippen molar-refractivity contribution >= 4 is 0 Å². The molecule has 2 aromatic carbocycles. The Morgan fingerprint density at radius 1 is 0.342 bits per heavy atom. The van der Waals surface area contributed by atoms with Crippen molar-refractivity contribution in [3.63, 3.8) is 0 Å². The highest BCUT2D eigenvalue weighted by Gasteiger charge is 2.23. The minimum Gasteiger partial charge on any atom is -0.0651 e. The van der Waals surface area contributed by atoms with E-state index in [0.29, 0.717) is 0 Å². The highest BCUT2D eigenvalue weighted by Crippen LogP contribution is 2.35. The van der Waals surface area contributed by atoms with E-state index < -0.39 is 0 Å². The summed E-state index contributed by atoms with van der Waals surface area (Å²) in [5.41, 5.74) is 6.30. The summed E-state index contributed by atoms with van der Waals surface area (Å²) in [7, 11) is 0. The average Bonchev–Trinajstić information content (AvgIpc) is 2.97. The second-order valence-corrected chi connectivity index (χ2v) is 13.9. The first-order chi connectivity index (χ1) is 18.7. The monoisotopic (exact) mass is 512 g/mol. The SMILES string of the molecule is CCC1CCC(Cc2ccc(CC3CCC(Cc4ccc(CC5CCC(CC)CC5)cc4)CC3)cc2)CC1. The topological polar surface area (TPSA) is 0 Å². The van der Waals surface area contributed by atoms with E-state index in [4.69, 9.17) is 0 Å². The van der Waals surface area contributed by atoms with Crippen LogP contribution in [0.3, 0.4) is 0 Å². The number of rotatable bonds is 10. The van der Waals surface area contributed by atoms with Gasteiger partial charge in [-0.1, -0.05) is 101 Å². The van der Waals surface area contributed by atoms with Crippen LogP contribution in [-0.4, -0.2) is 0 Å². The molecule has 0 spiro atoms. The molecular weight excluding hydrogens is 456 g/mol. The molecule has 0 amide bonds. The van der Waals surface area contributed by atoms with Crippen molar-refractivity contribution in [1.29, 1.82) is 0 Å². The van der Waals surface area contributed by atoms with Gasteiger partial charge in [0.15, 0.2) is 0 Å². The summed E-state index contributed by atoms with van der Waals surface area (Å²) in [6.45, 7) is 4.74. The maximum atomic E-state index is 2.45. The van der Waals surface area contributed by atoms with E-state index in [0.717, 1.165) is 35.5 Å². The van der Waals surface area contributed by atoms with Gasteiger partial charge in [0, 0.05) is 0 Å². The van der Waals surface area contributed by atoms with Gasteiger partial charge in [0.25, 0.3) is 0 Å². The first-order valence-corrected chi connectivity index (χ1v) is 16.8. The minimum absolute atomic E-state index is 0.895. The van der Waals surface area contributed by atoms with Gasteiger partial charge >= 0.3 is 0 Å². The molecule has 3 aliphatic carbocycles. The lowest BCUT2D eigenvalue weighted by atomic mass is 9.76. The molecule has 5 rings (SSSR count). The summed E-state index contributed by atoms with van der Waals surface area (Å²) in [5, 5.41) is 0. The normalized spacial score (nSPS) is 30.3. The minimum atomic E-state index is 0.895. The molecule has 0 radical (unpaired) electrons. The van der Waals surface area contributed by atoms with E-state index in [1.807, 2.05) is 0 Å². The van der Waals surface area contributed by atoms with Crippen molar-refractivity contribution in [2.45, 2.75) is 129 Å². The predicted octanol–water partition coefficient (Wildman–Crippen LogP) is 10.8. The summed E-state index contributed by atoms with van der Waals surface area (Å²) in [6, 6.07) is 19.6. The highest BCUT2D eigenvalue weighted by atomic mass is 14.3. The lowest BCUT2D eigenvalue weighted by molar-refractivity contribution is 0.268. The smallest absolute Gasteiger partial charge is 0.0250 e. The summed E-state index contributed by atoms with van der Waals surface area (Å²) < 4.78 is 0. The Morgan fingerprint density at radius 2 is 0.526 bits per heavy atom. The van der Waals surface area contributed by atoms with Crippen LogP contribution in [0.4, 0.5) is 0 Å². The van der Waals surface area contributed by atoms with Crippen molar-refractivity contribution in [2.75, 3.05) is 0 Å². The fourth-order valence-corrected chi connectivity index (χ4v) is 8.28. The molecule has 0 N–H and O–H groups in total. The fourth-order valence-electron chi connectivity index (χ4n) is 8.28. The third-order valence-corrected chi connectivity index (χ3v) is 11.2. The maximum absolute atomic E-state index is 2.45. The van der Waals surface area contributed by atoms with Crippen molar-refractivity contribution in [3.05, 3.63) is 70.8 Å². The van der Waals surface area contributed by atoms with Crippen molar-refractivity contribution in [1.82, 2.24) is 0 Å². The Balaban J connectivity index is 1.000. The van der Waals surface area contributed by atoms with Gasteiger partial charge < -0.3 is 0 Å². The van der Waals surface area contributed by atoms with Crippen LogP contribution in [-0.2, 0) is 25.7 Å². The Bertz CT molecular complexity index is 834. The van der Waals surface area contributed by atoms with Crippen LogP contribution in [0.2, 0.25) is 0 Å². The Hall–Kier alpha value is -1.56. The molecule has 2 aromatic rings. The van der Waals surface area contributed by atoms with Crippen molar-refractivity contribution < 1.29 is 0 Å².